The summed E-state index contributed by atoms with van der Waals surface area (Å²) in [5.74, 6) is 0.333. The molecule has 0 unspecified atom stereocenters. The number of methoxy groups -OCH3 is 1. The number of nitrogens with one attached hydrogen (secondary N) is 1. The van der Waals surface area contributed by atoms with Gasteiger partial charge in [-0.3, -0.25) is 9.59 Å². The number of rotatable bonds is 9. The molecule has 158 valence electrons. The topological polar surface area (TPSA) is 87.0 Å². The molecule has 0 aliphatic carbocycles. The zero-order valence-corrected chi connectivity index (χ0v) is 17.3. The Morgan fingerprint density at radius 2 is 1.80 bits per heavy atom. The van der Waals surface area contributed by atoms with Gasteiger partial charge in [-0.1, -0.05) is 12.1 Å². The monoisotopic (exact) mass is 411 g/mol. The number of fused-ring (bicyclic) bond motifs is 1. The first-order valence-electron chi connectivity index (χ1n) is 9.63. The van der Waals surface area contributed by atoms with Crippen LogP contribution in [0, 0.1) is 13.8 Å². The quantitative estimate of drug-likeness (QED) is 0.429. The number of esters is 1. The highest BCUT2D eigenvalue weighted by Crippen LogP contribution is 2.26. The van der Waals surface area contributed by atoms with Gasteiger partial charge in [-0.2, -0.15) is 0 Å². The molecule has 1 amide bonds. The van der Waals surface area contributed by atoms with Crippen LogP contribution in [0.2, 0.25) is 0 Å². The van der Waals surface area contributed by atoms with E-state index in [2.05, 4.69) is 5.32 Å². The smallest absolute Gasteiger partial charge is 0.310 e. The molecule has 7 nitrogen and oxygen atoms in total. The summed E-state index contributed by atoms with van der Waals surface area (Å²) < 4.78 is 21.4. The summed E-state index contributed by atoms with van der Waals surface area (Å²) in [7, 11) is 1.56. The number of furan rings is 1. The van der Waals surface area contributed by atoms with Gasteiger partial charge in [-0.15, -0.1) is 0 Å². The number of hydrogen-bond donors (Lipinski definition) is 1. The van der Waals surface area contributed by atoms with Gasteiger partial charge in [0.25, 0.3) is 5.91 Å². The molecule has 0 saturated carbocycles. The van der Waals surface area contributed by atoms with E-state index in [1.807, 2.05) is 38.1 Å². The molecule has 1 heterocycles. The van der Waals surface area contributed by atoms with Crippen LogP contribution in [0.15, 0.2) is 47.1 Å². The van der Waals surface area contributed by atoms with E-state index in [0.717, 1.165) is 27.7 Å². The van der Waals surface area contributed by atoms with Crippen molar-refractivity contribution in [2.75, 3.05) is 26.9 Å². The lowest BCUT2D eigenvalue weighted by atomic mass is 10.0. The van der Waals surface area contributed by atoms with Gasteiger partial charge in [0.15, 0.2) is 18.1 Å². The van der Waals surface area contributed by atoms with Crippen LogP contribution >= 0.6 is 0 Å². The van der Waals surface area contributed by atoms with Gasteiger partial charge in [-0.25, -0.2) is 0 Å². The van der Waals surface area contributed by atoms with Gasteiger partial charge in [0.1, 0.15) is 12.2 Å². The first-order chi connectivity index (χ1) is 14.5. The first-order valence-corrected chi connectivity index (χ1v) is 9.63. The Balaban J connectivity index is 1.40. The van der Waals surface area contributed by atoms with Crippen LogP contribution in [0.4, 0.5) is 0 Å². The lowest BCUT2D eigenvalue weighted by Crippen LogP contribution is -2.32. The SMILES string of the molecule is COc1ccccc1OCCNC(=O)COC(=O)Cc1coc2cc(C)c(C)cc12. The van der Waals surface area contributed by atoms with Crippen molar-refractivity contribution in [3.05, 3.63) is 59.4 Å². The largest absolute Gasteiger partial charge is 0.493 e. The summed E-state index contributed by atoms with van der Waals surface area (Å²) in [6, 6.07) is 11.2. The van der Waals surface area contributed by atoms with Crippen LogP contribution in [-0.4, -0.2) is 38.7 Å². The van der Waals surface area contributed by atoms with E-state index in [1.54, 1.807) is 25.5 Å². The van der Waals surface area contributed by atoms with Gasteiger partial charge < -0.3 is 23.9 Å². The van der Waals surface area contributed by atoms with Crippen LogP contribution < -0.4 is 14.8 Å². The van der Waals surface area contributed by atoms with Crippen molar-refractivity contribution in [3.8, 4) is 11.5 Å². The first kappa shape index (κ1) is 21.2. The maximum absolute atomic E-state index is 12.1. The molecule has 0 aliphatic rings. The number of carbonyl (C=O) groups is 2. The van der Waals surface area contributed by atoms with Crippen molar-refractivity contribution in [1.29, 1.82) is 0 Å². The third kappa shape index (κ3) is 5.31. The van der Waals surface area contributed by atoms with Crippen molar-refractivity contribution in [1.82, 2.24) is 5.32 Å². The molecule has 1 N–H and O–H groups in total. The average molecular weight is 411 g/mol. The summed E-state index contributed by atoms with van der Waals surface area (Å²) in [4.78, 5) is 24.0. The molecule has 0 radical (unpaired) electrons. The van der Waals surface area contributed by atoms with Crippen LogP contribution in [0.5, 0.6) is 11.5 Å². The Morgan fingerprint density at radius 3 is 2.57 bits per heavy atom. The number of amides is 1. The van der Waals surface area contributed by atoms with Crippen LogP contribution in [0.3, 0.4) is 0 Å². The molecular weight excluding hydrogens is 386 g/mol. The average Bonchev–Trinajstić information content (AvgIpc) is 3.11. The van der Waals surface area contributed by atoms with Gasteiger partial charge in [-0.05, 0) is 49.2 Å². The van der Waals surface area contributed by atoms with Crippen molar-refractivity contribution in [3.63, 3.8) is 0 Å². The lowest BCUT2D eigenvalue weighted by molar-refractivity contribution is -0.147. The maximum atomic E-state index is 12.1. The minimum Gasteiger partial charge on any atom is -0.493 e. The molecule has 0 aliphatic heterocycles. The van der Waals surface area contributed by atoms with E-state index in [-0.39, 0.29) is 26.2 Å². The summed E-state index contributed by atoms with van der Waals surface area (Å²) in [6.45, 7) is 4.21. The molecule has 0 fully saturated rings. The molecule has 30 heavy (non-hydrogen) atoms. The molecule has 0 bridgehead atoms. The summed E-state index contributed by atoms with van der Waals surface area (Å²) in [5.41, 5.74) is 3.71. The number of benzene rings is 2. The summed E-state index contributed by atoms with van der Waals surface area (Å²) in [6.07, 6.45) is 1.60. The van der Waals surface area contributed by atoms with E-state index in [0.29, 0.717) is 11.5 Å². The predicted molar refractivity (Wildman–Crippen MR) is 112 cm³/mol. The van der Waals surface area contributed by atoms with Gasteiger partial charge in [0, 0.05) is 10.9 Å². The van der Waals surface area contributed by atoms with Crippen molar-refractivity contribution < 1.29 is 28.2 Å². The van der Waals surface area contributed by atoms with E-state index < -0.39 is 11.9 Å². The van der Waals surface area contributed by atoms with Crippen molar-refractivity contribution >= 4 is 22.8 Å². The summed E-state index contributed by atoms with van der Waals surface area (Å²) >= 11 is 0. The zero-order valence-electron chi connectivity index (χ0n) is 17.3. The normalized spacial score (nSPS) is 10.6. The second-order valence-corrected chi connectivity index (χ2v) is 6.88. The molecule has 2 aromatic carbocycles. The molecule has 3 rings (SSSR count). The number of hydrogen-bond acceptors (Lipinski definition) is 6. The van der Waals surface area contributed by atoms with Crippen molar-refractivity contribution in [2.45, 2.75) is 20.3 Å². The number of carbonyl (C=O) groups excluding carboxylic acids is 2. The van der Waals surface area contributed by atoms with Gasteiger partial charge in [0.05, 0.1) is 26.3 Å². The second kappa shape index (κ2) is 9.82. The number of para-hydroxylation sites is 2. The van der Waals surface area contributed by atoms with Gasteiger partial charge in [0.2, 0.25) is 0 Å². The van der Waals surface area contributed by atoms with Crippen LogP contribution in [0.25, 0.3) is 11.0 Å². The van der Waals surface area contributed by atoms with Crippen LogP contribution in [-0.2, 0) is 20.7 Å². The van der Waals surface area contributed by atoms with E-state index >= 15 is 0 Å². The molecule has 3 aromatic rings. The van der Waals surface area contributed by atoms with Crippen LogP contribution in [0.1, 0.15) is 16.7 Å². The molecule has 0 atom stereocenters. The highest BCUT2D eigenvalue weighted by Gasteiger charge is 2.14. The Kier molecular flexibility index (Phi) is 6.95. The fourth-order valence-corrected chi connectivity index (χ4v) is 2.97. The summed E-state index contributed by atoms with van der Waals surface area (Å²) in [5, 5.41) is 3.53. The third-order valence-corrected chi connectivity index (χ3v) is 4.72. The third-order valence-electron chi connectivity index (χ3n) is 4.72. The molecule has 1 aromatic heterocycles. The highest BCUT2D eigenvalue weighted by atomic mass is 16.5. The Hall–Kier alpha value is -3.48. The minimum absolute atomic E-state index is 0.0414. The predicted octanol–water partition coefficient (Wildman–Crippen LogP) is 3.34. The zero-order chi connectivity index (χ0) is 21.5. The minimum atomic E-state index is -0.489. The number of aryl methyl sites for hydroxylation is 2. The van der Waals surface area contributed by atoms with E-state index in [4.69, 9.17) is 18.6 Å². The Labute approximate surface area is 174 Å². The van der Waals surface area contributed by atoms with E-state index in [9.17, 15) is 9.59 Å². The lowest BCUT2D eigenvalue weighted by Gasteiger charge is -2.11. The Morgan fingerprint density at radius 1 is 1.07 bits per heavy atom. The fourth-order valence-electron chi connectivity index (χ4n) is 2.97. The Bertz CT molecular complexity index is 1040. The highest BCUT2D eigenvalue weighted by molar-refractivity contribution is 5.87. The molecule has 7 heteroatoms. The standard InChI is InChI=1S/C23H25NO6/c1-15-10-18-17(13-29-21(18)11-16(15)2)12-23(26)30-14-22(25)24-8-9-28-20-7-5-4-6-19(20)27-3/h4-7,10-11,13H,8-9,12,14H2,1-3H3,(H,24,25). The molecular formula is C23H25NO6. The molecule has 0 saturated heterocycles. The fraction of sp³-hybridized carbons (Fsp3) is 0.304. The van der Waals surface area contributed by atoms with E-state index in [1.165, 1.54) is 0 Å². The molecule has 0 spiro atoms. The second-order valence-electron chi connectivity index (χ2n) is 6.88. The number of ether oxygens (including phenoxy) is 3. The van der Waals surface area contributed by atoms with Crippen molar-refractivity contribution in [2.24, 2.45) is 0 Å². The maximum Gasteiger partial charge on any atom is 0.310 e. The van der Waals surface area contributed by atoms with Gasteiger partial charge >= 0.3 is 5.97 Å².